The number of aromatic nitrogens is 3. The smallest absolute Gasteiger partial charge is 0.345 e. The van der Waals surface area contributed by atoms with Gasteiger partial charge in [-0.05, 0) is 18.1 Å². The van der Waals surface area contributed by atoms with Gasteiger partial charge in [0.2, 0.25) is 0 Å². The summed E-state index contributed by atoms with van der Waals surface area (Å²) < 4.78 is 10.4. The molecule has 0 aliphatic carbocycles. The Hall–Kier alpha value is -3.79. The molecule has 0 radical (unpaired) electrons. The van der Waals surface area contributed by atoms with Crippen molar-refractivity contribution in [3.63, 3.8) is 0 Å². The summed E-state index contributed by atoms with van der Waals surface area (Å²) in [6.45, 7) is 1.61. The molecule has 4 rings (SSSR count). The maximum Gasteiger partial charge on any atom is 0.345 e. The second-order valence-corrected chi connectivity index (χ2v) is 7.20. The van der Waals surface area contributed by atoms with Gasteiger partial charge in [-0.3, -0.25) is 4.79 Å². The van der Waals surface area contributed by atoms with Crippen LogP contribution < -0.4 is 11.2 Å². The Morgan fingerprint density at radius 2 is 2.07 bits per heavy atom. The fourth-order valence-corrected chi connectivity index (χ4v) is 3.51. The van der Waals surface area contributed by atoms with Crippen molar-refractivity contribution in [3.05, 3.63) is 73.4 Å². The molecule has 3 heterocycles. The lowest BCUT2D eigenvalue weighted by molar-refractivity contribution is 0.0471. The molecule has 0 aliphatic heterocycles. The minimum absolute atomic E-state index is 0.0141. The van der Waals surface area contributed by atoms with E-state index in [9.17, 15) is 19.5 Å². The molecule has 0 bridgehead atoms. The van der Waals surface area contributed by atoms with Crippen LogP contribution in [0.15, 0.2) is 50.0 Å². The number of phenolic OH excluding ortho intramolecular Hbond substituents is 1. The summed E-state index contributed by atoms with van der Waals surface area (Å²) in [7, 11) is 0. The van der Waals surface area contributed by atoms with E-state index >= 15 is 0 Å². The monoisotopic (exact) mass is 425 g/mol. The van der Waals surface area contributed by atoms with Gasteiger partial charge in [0, 0.05) is 40.9 Å². The van der Waals surface area contributed by atoms with E-state index in [1.807, 2.05) is 6.92 Å². The van der Waals surface area contributed by atoms with Crippen LogP contribution in [0.2, 0.25) is 0 Å². The van der Waals surface area contributed by atoms with Crippen LogP contribution in [0.25, 0.3) is 21.8 Å². The Balaban J connectivity index is 1.60. The summed E-state index contributed by atoms with van der Waals surface area (Å²) in [5.41, 5.74) is -0.346. The Labute approximate surface area is 172 Å². The summed E-state index contributed by atoms with van der Waals surface area (Å²) in [5, 5.41) is 12.8. The van der Waals surface area contributed by atoms with Crippen molar-refractivity contribution in [1.29, 1.82) is 0 Å². The van der Waals surface area contributed by atoms with Gasteiger partial charge >= 0.3 is 11.6 Å². The van der Waals surface area contributed by atoms with Crippen molar-refractivity contribution >= 4 is 28.3 Å². The number of carbonyl (C=O) groups excluding carboxylic acids is 1. The van der Waals surface area contributed by atoms with Gasteiger partial charge in [-0.25, -0.2) is 19.6 Å². The van der Waals surface area contributed by atoms with Gasteiger partial charge in [-0.2, -0.15) is 0 Å². The number of rotatable bonds is 5. The largest absolute Gasteiger partial charge is 0.508 e. The third-order valence-corrected chi connectivity index (χ3v) is 5.20. The zero-order valence-corrected chi connectivity index (χ0v) is 16.5. The number of aromatic hydroxyl groups is 1. The average molecular weight is 425 g/mol. The lowest BCUT2D eigenvalue weighted by atomic mass is 10.0. The van der Waals surface area contributed by atoms with Gasteiger partial charge in [-0.15, -0.1) is 11.3 Å². The van der Waals surface area contributed by atoms with Crippen molar-refractivity contribution in [1.82, 2.24) is 15.0 Å². The maximum atomic E-state index is 12.4. The Morgan fingerprint density at radius 1 is 1.23 bits per heavy atom. The maximum absolute atomic E-state index is 12.4. The minimum Gasteiger partial charge on any atom is -0.508 e. The number of hydrogen-bond acceptors (Lipinski definition) is 9. The van der Waals surface area contributed by atoms with Crippen LogP contribution in [0.3, 0.4) is 0 Å². The van der Waals surface area contributed by atoms with Crippen LogP contribution in [0.5, 0.6) is 5.75 Å². The highest BCUT2D eigenvalue weighted by molar-refractivity contribution is 7.12. The molecular weight excluding hydrogens is 410 g/mol. The van der Waals surface area contributed by atoms with Crippen molar-refractivity contribution in [2.45, 2.75) is 20.0 Å². The molecule has 0 unspecified atom stereocenters. The van der Waals surface area contributed by atoms with E-state index < -0.39 is 17.2 Å². The molecule has 3 aromatic heterocycles. The van der Waals surface area contributed by atoms with E-state index in [0.29, 0.717) is 27.9 Å². The number of ether oxygens (including phenoxy) is 1. The molecule has 9 nitrogen and oxygen atoms in total. The summed E-state index contributed by atoms with van der Waals surface area (Å²) in [4.78, 5) is 47.1. The zero-order valence-electron chi connectivity index (χ0n) is 15.7. The van der Waals surface area contributed by atoms with E-state index in [1.165, 1.54) is 23.5 Å². The van der Waals surface area contributed by atoms with E-state index in [4.69, 9.17) is 9.15 Å². The molecule has 152 valence electrons. The molecule has 0 atom stereocenters. The first kappa shape index (κ1) is 19.5. The molecule has 0 saturated carbocycles. The lowest BCUT2D eigenvalue weighted by Gasteiger charge is -2.09. The average Bonchev–Trinajstić information content (AvgIpc) is 3.26. The summed E-state index contributed by atoms with van der Waals surface area (Å²) in [6.07, 6.45) is 3.27. The van der Waals surface area contributed by atoms with E-state index in [2.05, 4.69) is 15.0 Å². The highest BCUT2D eigenvalue weighted by Gasteiger charge is 2.17. The number of esters is 1. The fourth-order valence-electron chi connectivity index (χ4n) is 2.92. The van der Waals surface area contributed by atoms with Crippen LogP contribution in [0, 0.1) is 0 Å². The second kappa shape index (κ2) is 7.91. The normalized spacial score (nSPS) is 11.0. The van der Waals surface area contributed by atoms with Crippen molar-refractivity contribution in [2.75, 3.05) is 0 Å². The highest BCUT2D eigenvalue weighted by Crippen LogP contribution is 2.27. The van der Waals surface area contributed by atoms with Crippen molar-refractivity contribution in [2.24, 2.45) is 0 Å². The third kappa shape index (κ3) is 3.72. The third-order valence-electron chi connectivity index (χ3n) is 4.42. The number of hydrogen-bond donors (Lipinski definition) is 2. The quantitative estimate of drug-likeness (QED) is 0.368. The lowest BCUT2D eigenvalue weighted by Crippen LogP contribution is -2.21. The SMILES string of the molecule is CCc1cc2c(COC(=O)c3cnc(-c4nccs4)[nH]c3=O)cc(=O)oc2cc1O. The molecular formula is C20H15N3O6S. The Bertz CT molecular complexity index is 1360. The summed E-state index contributed by atoms with van der Waals surface area (Å²) in [5.74, 6) is -0.615. The van der Waals surface area contributed by atoms with E-state index in [0.717, 1.165) is 6.20 Å². The van der Waals surface area contributed by atoms with Crippen LogP contribution >= 0.6 is 11.3 Å². The Kier molecular flexibility index (Phi) is 5.15. The molecule has 0 spiro atoms. The topological polar surface area (TPSA) is 135 Å². The molecule has 0 saturated heterocycles. The highest BCUT2D eigenvalue weighted by atomic mass is 32.1. The van der Waals surface area contributed by atoms with Gasteiger partial charge in [0.25, 0.3) is 5.56 Å². The predicted molar refractivity (Wildman–Crippen MR) is 109 cm³/mol. The van der Waals surface area contributed by atoms with Crippen LogP contribution in [0.1, 0.15) is 28.4 Å². The van der Waals surface area contributed by atoms with Gasteiger partial charge in [0.15, 0.2) is 10.8 Å². The molecule has 0 aliphatic rings. The number of carbonyl (C=O) groups is 1. The fraction of sp³-hybridized carbons (Fsp3) is 0.150. The molecule has 1 aromatic carbocycles. The molecule has 4 aromatic rings. The van der Waals surface area contributed by atoms with E-state index in [1.54, 1.807) is 17.6 Å². The number of H-pyrrole nitrogens is 1. The van der Waals surface area contributed by atoms with Crippen LogP contribution in [-0.4, -0.2) is 26.0 Å². The predicted octanol–water partition coefficient (Wildman–Crippen LogP) is 2.62. The number of nitrogens with zero attached hydrogens (tertiary/aromatic N) is 2. The van der Waals surface area contributed by atoms with Crippen LogP contribution in [-0.2, 0) is 17.8 Å². The minimum atomic E-state index is -0.884. The summed E-state index contributed by atoms with van der Waals surface area (Å²) in [6, 6.07) is 4.24. The molecule has 30 heavy (non-hydrogen) atoms. The number of aryl methyl sites for hydroxylation is 1. The number of fused-ring (bicyclic) bond motifs is 1. The molecule has 10 heteroatoms. The zero-order chi connectivity index (χ0) is 21.3. The number of thiazole rings is 1. The molecule has 0 amide bonds. The van der Waals surface area contributed by atoms with Crippen molar-refractivity contribution < 1.29 is 19.1 Å². The molecule has 2 N–H and O–H groups in total. The molecule has 0 fully saturated rings. The Morgan fingerprint density at radius 3 is 2.77 bits per heavy atom. The first-order chi connectivity index (χ1) is 14.5. The number of aromatic amines is 1. The first-order valence-electron chi connectivity index (χ1n) is 8.91. The number of nitrogens with one attached hydrogen (secondary N) is 1. The second-order valence-electron chi connectivity index (χ2n) is 6.31. The summed E-state index contributed by atoms with van der Waals surface area (Å²) >= 11 is 1.30. The van der Waals surface area contributed by atoms with Gasteiger partial charge in [0.1, 0.15) is 23.5 Å². The standard InChI is InChI=1S/C20H15N3O6S/c1-2-10-5-12-11(6-16(25)29-15(12)7-14(10)24)9-28-20(27)13-8-22-17(23-18(13)26)19-21-3-4-30-19/h3-8,24H,2,9H2,1H3,(H,22,23,26). The van der Waals surface area contributed by atoms with Gasteiger partial charge in [-0.1, -0.05) is 6.92 Å². The van der Waals surface area contributed by atoms with Gasteiger partial charge in [0.05, 0.1) is 0 Å². The van der Waals surface area contributed by atoms with Crippen LogP contribution in [0.4, 0.5) is 0 Å². The first-order valence-corrected chi connectivity index (χ1v) is 9.79. The number of benzene rings is 1. The van der Waals surface area contributed by atoms with Crippen molar-refractivity contribution in [3.8, 4) is 16.6 Å². The number of phenols is 1. The van der Waals surface area contributed by atoms with E-state index in [-0.39, 0.29) is 29.3 Å². The van der Waals surface area contributed by atoms with Gasteiger partial charge < -0.3 is 19.2 Å².